The highest BCUT2D eigenvalue weighted by molar-refractivity contribution is 7.55. The van der Waals surface area contributed by atoms with Crippen LogP contribution in [0.1, 0.15) is 38.7 Å². The van der Waals surface area contributed by atoms with E-state index in [4.69, 9.17) is 18.5 Å². The Morgan fingerprint density at radius 1 is 1.17 bits per heavy atom. The summed E-state index contributed by atoms with van der Waals surface area (Å²) < 4.78 is 34.6. The molecule has 3 atom stereocenters. The van der Waals surface area contributed by atoms with Gasteiger partial charge in [-0.15, -0.1) is 0 Å². The van der Waals surface area contributed by atoms with E-state index in [0.29, 0.717) is 6.42 Å². The van der Waals surface area contributed by atoms with Crippen molar-refractivity contribution in [3.05, 3.63) is 29.8 Å². The molecule has 0 spiro atoms. The van der Waals surface area contributed by atoms with Gasteiger partial charge in [0.25, 0.3) is 0 Å². The van der Waals surface area contributed by atoms with Crippen molar-refractivity contribution in [2.45, 2.75) is 44.9 Å². The van der Waals surface area contributed by atoms with Crippen molar-refractivity contribution in [1.29, 1.82) is 0 Å². The third-order valence-corrected chi connectivity index (χ3v) is 6.52. The van der Waals surface area contributed by atoms with Crippen molar-refractivity contribution in [3.63, 3.8) is 0 Å². The molecule has 6 nitrogen and oxygen atoms in total. The Morgan fingerprint density at radius 2 is 1.75 bits per heavy atom. The van der Waals surface area contributed by atoms with Gasteiger partial charge in [0.05, 0.1) is 26.4 Å². The summed E-state index contributed by atoms with van der Waals surface area (Å²) in [7, 11) is -2.03. The lowest BCUT2D eigenvalue weighted by molar-refractivity contribution is -0.153. The van der Waals surface area contributed by atoms with Gasteiger partial charge in [0, 0.05) is 5.92 Å². The normalized spacial score (nSPS) is 24.5. The number of cyclic esters (lactones) is 1. The summed E-state index contributed by atoms with van der Waals surface area (Å²) >= 11 is 0. The number of carbonyl (C=O) groups is 1. The van der Waals surface area contributed by atoms with Crippen LogP contribution in [0.3, 0.4) is 0 Å². The maximum absolute atomic E-state index is 13.2. The second kappa shape index (κ2) is 8.15. The molecule has 134 valence electrons. The van der Waals surface area contributed by atoms with Crippen LogP contribution in [0.25, 0.3) is 0 Å². The van der Waals surface area contributed by atoms with Crippen molar-refractivity contribution in [3.8, 4) is 5.75 Å². The topological polar surface area (TPSA) is 71.1 Å². The monoisotopic (exact) mass is 356 g/mol. The average molecular weight is 356 g/mol. The maximum atomic E-state index is 13.2. The van der Waals surface area contributed by atoms with Crippen molar-refractivity contribution in [2.75, 3.05) is 20.3 Å². The van der Waals surface area contributed by atoms with Gasteiger partial charge >= 0.3 is 13.6 Å². The number of ether oxygens (including phenoxy) is 2. The Hall–Kier alpha value is -1.36. The molecule has 0 saturated carbocycles. The lowest BCUT2D eigenvalue weighted by Gasteiger charge is -2.37. The summed E-state index contributed by atoms with van der Waals surface area (Å²) in [5.74, 6) is -0.101. The van der Waals surface area contributed by atoms with Crippen LogP contribution in [0, 0.1) is 0 Å². The molecule has 0 radical (unpaired) electrons. The van der Waals surface area contributed by atoms with E-state index in [9.17, 15) is 9.36 Å². The first kappa shape index (κ1) is 19.0. The molecule has 24 heavy (non-hydrogen) atoms. The Bertz CT molecular complexity index is 590. The molecular weight excluding hydrogens is 331 g/mol. The van der Waals surface area contributed by atoms with Gasteiger partial charge in [-0.25, -0.2) is 0 Å². The summed E-state index contributed by atoms with van der Waals surface area (Å²) in [4.78, 5) is 12.5. The number of methoxy groups -OCH3 is 1. The molecule has 1 heterocycles. The van der Waals surface area contributed by atoms with E-state index in [0.717, 1.165) is 11.3 Å². The largest absolute Gasteiger partial charge is 0.497 e. The first-order valence-electron chi connectivity index (χ1n) is 8.18. The molecule has 0 amide bonds. The van der Waals surface area contributed by atoms with Gasteiger partial charge in [0.15, 0.2) is 5.66 Å². The van der Waals surface area contributed by atoms with Crippen molar-refractivity contribution in [2.24, 2.45) is 0 Å². The lowest BCUT2D eigenvalue weighted by atomic mass is 9.88. The van der Waals surface area contributed by atoms with Crippen LogP contribution in [-0.4, -0.2) is 38.1 Å². The van der Waals surface area contributed by atoms with Crippen LogP contribution in [0.2, 0.25) is 0 Å². The van der Waals surface area contributed by atoms with E-state index in [1.165, 1.54) is 0 Å². The van der Waals surface area contributed by atoms with Crippen LogP contribution >= 0.6 is 7.60 Å². The summed E-state index contributed by atoms with van der Waals surface area (Å²) in [5.41, 5.74) is -0.0640. The van der Waals surface area contributed by atoms with Crippen LogP contribution in [0.15, 0.2) is 24.3 Å². The predicted molar refractivity (Wildman–Crippen MR) is 90.6 cm³/mol. The fourth-order valence-electron chi connectivity index (χ4n) is 3.04. The van der Waals surface area contributed by atoms with Gasteiger partial charge in [-0.05, 0) is 44.9 Å². The quantitative estimate of drug-likeness (QED) is 0.547. The van der Waals surface area contributed by atoms with Crippen LogP contribution in [0.4, 0.5) is 0 Å². The van der Waals surface area contributed by atoms with Gasteiger partial charge in [0.1, 0.15) is 5.75 Å². The summed E-state index contributed by atoms with van der Waals surface area (Å²) in [6.07, 6.45) is 0.310. The molecule has 1 aromatic rings. The second-order valence-corrected chi connectivity index (χ2v) is 7.84. The van der Waals surface area contributed by atoms with Gasteiger partial charge in [-0.3, -0.25) is 9.36 Å². The minimum absolute atomic E-state index is 0.200. The van der Waals surface area contributed by atoms with Gasteiger partial charge in [-0.2, -0.15) is 0 Å². The van der Waals surface area contributed by atoms with Gasteiger partial charge in [0.2, 0.25) is 0 Å². The number of carbonyl (C=O) groups excluding carboxylic acids is 1. The van der Waals surface area contributed by atoms with E-state index in [2.05, 4.69) is 0 Å². The molecule has 1 aromatic carbocycles. The minimum atomic E-state index is -3.62. The van der Waals surface area contributed by atoms with E-state index in [1.807, 2.05) is 31.2 Å². The van der Waals surface area contributed by atoms with Crippen LogP contribution in [0.5, 0.6) is 5.75 Å². The molecule has 1 fully saturated rings. The molecule has 0 aliphatic carbocycles. The third-order valence-electron chi connectivity index (χ3n) is 4.03. The molecule has 0 N–H and O–H groups in total. The first-order chi connectivity index (χ1) is 11.4. The highest BCUT2D eigenvalue weighted by Crippen LogP contribution is 2.59. The zero-order valence-corrected chi connectivity index (χ0v) is 15.5. The molecule has 0 unspecified atom stereocenters. The SMILES string of the molecule is CCOP(=O)(OCC)[C@H]1C(=O)O[C@@H](C)C[C@@H]1c1ccc(OC)cc1. The van der Waals surface area contributed by atoms with Gasteiger partial charge < -0.3 is 18.5 Å². The van der Waals surface area contributed by atoms with Crippen LogP contribution < -0.4 is 4.74 Å². The molecular formula is C17H25O6P. The maximum Gasteiger partial charge on any atom is 0.345 e. The molecule has 0 aromatic heterocycles. The first-order valence-corrected chi connectivity index (χ1v) is 9.79. The molecule has 7 heteroatoms. The standard InChI is InChI=1S/C17H25O6P/c1-5-21-24(19,22-6-2)16-15(11-12(3)23-17(16)18)13-7-9-14(20-4)10-8-13/h7-10,12,15-16H,5-6,11H2,1-4H3/t12-,15+,16+/m0/s1. The Balaban J connectivity index is 2.42. The summed E-state index contributed by atoms with van der Waals surface area (Å²) in [6.45, 7) is 5.69. The molecule has 1 aliphatic heterocycles. The van der Waals surface area contributed by atoms with Crippen molar-refractivity contribution in [1.82, 2.24) is 0 Å². The van der Waals surface area contributed by atoms with Gasteiger partial charge in [-0.1, -0.05) is 12.1 Å². The predicted octanol–water partition coefficient (Wildman–Crippen LogP) is 3.75. The summed E-state index contributed by atoms with van der Waals surface area (Å²) in [6, 6.07) is 7.40. The Labute approximate surface area is 143 Å². The molecule has 1 saturated heterocycles. The second-order valence-electron chi connectivity index (χ2n) is 5.68. The van der Waals surface area contributed by atoms with Crippen LogP contribution in [-0.2, 0) is 23.1 Å². The molecule has 1 aliphatic rings. The van der Waals surface area contributed by atoms with E-state index >= 15 is 0 Å². The third kappa shape index (κ3) is 4.00. The smallest absolute Gasteiger partial charge is 0.345 e. The molecule has 0 bridgehead atoms. The Kier molecular flexibility index (Phi) is 6.44. The fourth-order valence-corrected chi connectivity index (χ4v) is 5.21. The highest BCUT2D eigenvalue weighted by Gasteiger charge is 2.51. The highest BCUT2D eigenvalue weighted by atomic mass is 31.2. The number of hydrogen-bond donors (Lipinski definition) is 0. The Morgan fingerprint density at radius 3 is 2.25 bits per heavy atom. The van der Waals surface area contributed by atoms with E-state index in [-0.39, 0.29) is 25.2 Å². The number of hydrogen-bond acceptors (Lipinski definition) is 6. The van der Waals surface area contributed by atoms with Crippen molar-refractivity contribution >= 4 is 13.6 Å². The number of benzene rings is 1. The fraction of sp³-hybridized carbons (Fsp3) is 0.588. The summed E-state index contributed by atoms with van der Waals surface area (Å²) in [5, 5.41) is 0. The van der Waals surface area contributed by atoms with E-state index < -0.39 is 19.2 Å². The molecule has 2 rings (SSSR count). The zero-order valence-electron chi connectivity index (χ0n) is 14.6. The number of esters is 1. The zero-order chi connectivity index (χ0) is 17.7. The van der Waals surface area contributed by atoms with Crippen molar-refractivity contribution < 1.29 is 27.9 Å². The minimum Gasteiger partial charge on any atom is -0.497 e. The number of rotatable bonds is 7. The van der Waals surface area contributed by atoms with E-state index in [1.54, 1.807) is 21.0 Å². The lowest BCUT2D eigenvalue weighted by Crippen LogP contribution is -2.40. The average Bonchev–Trinajstić information content (AvgIpc) is 2.54.